The van der Waals surface area contributed by atoms with Gasteiger partial charge < -0.3 is 9.64 Å². The van der Waals surface area contributed by atoms with Crippen LogP contribution in [0.5, 0.6) is 11.5 Å². The number of anilines is 3. The molecule has 9 aromatic carbocycles. The van der Waals surface area contributed by atoms with Crippen LogP contribution in [0.2, 0.25) is 0 Å². The average Bonchev–Trinajstić information content (AvgIpc) is 3.73. The lowest BCUT2D eigenvalue weighted by molar-refractivity contribution is 0.488. The van der Waals surface area contributed by atoms with Gasteiger partial charge in [0.15, 0.2) is 0 Å². The van der Waals surface area contributed by atoms with Gasteiger partial charge in [-0.15, -0.1) is 11.3 Å². The van der Waals surface area contributed by atoms with Crippen LogP contribution in [0.3, 0.4) is 0 Å². The van der Waals surface area contributed by atoms with Gasteiger partial charge in [-0.1, -0.05) is 139 Å². The molecule has 11 rings (SSSR count). The van der Waals surface area contributed by atoms with Crippen molar-refractivity contribution in [3.05, 3.63) is 200 Å². The fourth-order valence-corrected chi connectivity index (χ4v) is 8.30. The van der Waals surface area contributed by atoms with Crippen molar-refractivity contribution in [1.29, 1.82) is 0 Å². The van der Waals surface area contributed by atoms with Crippen LogP contribution < -0.4 is 9.64 Å². The Bertz CT molecular complexity index is 3980. The Labute approximate surface area is 346 Å². The molecule has 1 aromatic heterocycles. The Morgan fingerprint density at radius 3 is 2.09 bits per heavy atom. The summed E-state index contributed by atoms with van der Waals surface area (Å²) in [7, 11) is 0. The van der Waals surface area contributed by atoms with Crippen molar-refractivity contribution >= 4 is 59.3 Å². The van der Waals surface area contributed by atoms with Gasteiger partial charge in [-0.25, -0.2) is 0 Å². The average molecular weight is 736 g/mol. The van der Waals surface area contributed by atoms with Crippen LogP contribution >= 0.6 is 11.3 Å². The van der Waals surface area contributed by atoms with Crippen molar-refractivity contribution in [1.82, 2.24) is 0 Å². The summed E-state index contributed by atoms with van der Waals surface area (Å²) in [6.45, 7) is 0. The van der Waals surface area contributed by atoms with E-state index in [1.807, 2.05) is 72.8 Å². The molecule has 10 aromatic rings. The van der Waals surface area contributed by atoms with E-state index in [0.717, 1.165) is 54.8 Å². The molecule has 0 atom stereocenters. The van der Waals surface area contributed by atoms with E-state index in [2.05, 4.69) is 6.07 Å². The molecule has 0 spiro atoms. The first-order chi connectivity index (χ1) is 33.9. The molecule has 0 saturated carbocycles. The summed E-state index contributed by atoms with van der Waals surface area (Å²) >= 11 is 0.811. The normalized spacial score (nSPS) is 15.9. The second-order valence-corrected chi connectivity index (χ2v) is 13.9. The standard InChI is InChI=1S/C52H33NOS/c1-3-15-34(16-4-1)38-19-9-12-24-47(38)53(36-28-30-51-45(31-36)41-22-11-14-26-50(41)55-51)37-27-29-43-49(32-37)54-48-25-13-10-21-40(48)46-33-44(35-17-5-2-6-18-35)39-20-7-8-23-42(39)52(43)46/h1-33H/i1D,3D,4D,9D,11D,12D,14D,15D,16D,19D,22D,24D,26D,28D,30D,31D. The minimum absolute atomic E-state index is 0.00396. The molecule has 55 heavy (non-hydrogen) atoms. The van der Waals surface area contributed by atoms with Crippen molar-refractivity contribution in [2.75, 3.05) is 4.90 Å². The molecule has 0 fully saturated rings. The van der Waals surface area contributed by atoms with Crippen molar-refractivity contribution in [3.8, 4) is 56.0 Å². The SMILES string of the molecule is [2H]c1c([2H])c([2H])c(-c2c([2H])c([2H])c([2H])c([2H])c2N(c2ccc3c(c2)Oc2ccccc2-c2cc(-c4ccccc4)c4ccccc4c2-3)c2c([2H])c([2H])c3sc4c([2H])c([2H])c([2H])c([2H])c4c3c2[2H])c([2H])c1[2H]. The quantitative estimate of drug-likeness (QED) is 0.174. The molecule has 2 nitrogen and oxygen atoms in total. The zero-order chi connectivity index (χ0) is 50.2. The molecule has 0 radical (unpaired) electrons. The Morgan fingerprint density at radius 2 is 1.18 bits per heavy atom. The highest BCUT2D eigenvalue weighted by atomic mass is 32.1. The zero-order valence-electron chi connectivity index (χ0n) is 44.6. The van der Waals surface area contributed by atoms with Gasteiger partial charge in [0.05, 0.1) is 27.6 Å². The summed E-state index contributed by atoms with van der Waals surface area (Å²) in [5, 5.41) is 1.58. The van der Waals surface area contributed by atoms with E-state index in [4.69, 9.17) is 19.8 Å². The Kier molecular flexibility index (Phi) is 4.54. The maximum Gasteiger partial charge on any atom is 0.137 e. The summed E-state index contributed by atoms with van der Waals surface area (Å²) in [6, 6.07) is 21.4. The summed E-state index contributed by atoms with van der Waals surface area (Å²) in [6.07, 6.45) is 0. The van der Waals surface area contributed by atoms with E-state index < -0.39 is 119 Å². The minimum Gasteiger partial charge on any atom is -0.456 e. The monoisotopic (exact) mass is 735 g/mol. The molecule has 1 aliphatic heterocycles. The fourth-order valence-electron chi connectivity index (χ4n) is 7.38. The predicted octanol–water partition coefficient (Wildman–Crippen LogP) is 15.5. The molecule has 0 amide bonds. The zero-order valence-corrected chi connectivity index (χ0v) is 29.4. The van der Waals surface area contributed by atoms with Crippen LogP contribution in [0.4, 0.5) is 17.1 Å². The number of hydrogen-bond donors (Lipinski definition) is 0. The van der Waals surface area contributed by atoms with Crippen LogP contribution in [0.1, 0.15) is 21.9 Å². The third-order valence-corrected chi connectivity index (χ3v) is 10.8. The first kappa shape index (κ1) is 19.4. The second kappa shape index (κ2) is 12.9. The smallest absolute Gasteiger partial charge is 0.137 e. The number of rotatable bonds is 5. The molecule has 0 unspecified atom stereocenters. The highest BCUT2D eigenvalue weighted by molar-refractivity contribution is 7.25. The van der Waals surface area contributed by atoms with Gasteiger partial charge in [0, 0.05) is 59.9 Å². The molecule has 0 N–H and O–H groups in total. The van der Waals surface area contributed by atoms with E-state index >= 15 is 0 Å². The first-order valence-electron chi connectivity index (χ1n) is 25.4. The number of thiophene rings is 1. The lowest BCUT2D eigenvalue weighted by Gasteiger charge is -2.29. The van der Waals surface area contributed by atoms with Gasteiger partial charge in [0.25, 0.3) is 0 Å². The molecule has 258 valence electrons. The third-order valence-electron chi connectivity index (χ3n) is 9.76. The van der Waals surface area contributed by atoms with Crippen LogP contribution in [-0.2, 0) is 0 Å². The fraction of sp³-hybridized carbons (Fsp3) is 0. The summed E-state index contributed by atoms with van der Waals surface area (Å²) in [5.41, 5.74) is 2.74. The van der Waals surface area contributed by atoms with Gasteiger partial charge in [-0.3, -0.25) is 0 Å². The van der Waals surface area contributed by atoms with Gasteiger partial charge >= 0.3 is 0 Å². The lowest BCUT2D eigenvalue weighted by atomic mass is 9.85. The van der Waals surface area contributed by atoms with E-state index in [0.29, 0.717) is 11.3 Å². The largest absolute Gasteiger partial charge is 0.456 e. The molecular formula is C52H33NOS. The predicted molar refractivity (Wildman–Crippen MR) is 233 cm³/mol. The van der Waals surface area contributed by atoms with Gasteiger partial charge in [-0.05, 0) is 87.5 Å². The Balaban J connectivity index is 1.30. The lowest BCUT2D eigenvalue weighted by Crippen LogP contribution is -2.11. The van der Waals surface area contributed by atoms with Crippen molar-refractivity contribution in [2.24, 2.45) is 0 Å². The molecule has 3 heteroatoms. The first-order valence-corrected chi connectivity index (χ1v) is 18.2. The number of para-hydroxylation sites is 2. The van der Waals surface area contributed by atoms with E-state index in [1.165, 1.54) is 0 Å². The second-order valence-electron chi connectivity index (χ2n) is 12.8. The minimum atomic E-state index is -0.811. The molecule has 0 aliphatic carbocycles. The summed E-state index contributed by atoms with van der Waals surface area (Å²) < 4.78 is 151. The van der Waals surface area contributed by atoms with E-state index in [-0.39, 0.29) is 31.6 Å². The van der Waals surface area contributed by atoms with Crippen molar-refractivity contribution in [2.45, 2.75) is 0 Å². The molecule has 2 heterocycles. The third kappa shape index (κ3) is 5.24. The number of ether oxygens (including phenoxy) is 1. The van der Waals surface area contributed by atoms with Gasteiger partial charge in [0.1, 0.15) is 11.5 Å². The van der Waals surface area contributed by atoms with E-state index in [1.54, 1.807) is 24.3 Å². The number of fused-ring (bicyclic) bond motifs is 10. The molecular weight excluding hydrogens is 687 g/mol. The van der Waals surface area contributed by atoms with Gasteiger partial charge in [0.2, 0.25) is 0 Å². The van der Waals surface area contributed by atoms with Gasteiger partial charge in [-0.2, -0.15) is 0 Å². The van der Waals surface area contributed by atoms with Crippen molar-refractivity contribution < 1.29 is 26.7 Å². The summed E-state index contributed by atoms with van der Waals surface area (Å²) in [5.74, 6) is 0.671. The number of benzene rings is 9. The Hall–Kier alpha value is -6.94. The highest BCUT2D eigenvalue weighted by Crippen LogP contribution is 2.53. The Morgan fingerprint density at radius 1 is 0.436 bits per heavy atom. The number of nitrogens with zero attached hydrogens (tertiary/aromatic N) is 1. The summed E-state index contributed by atoms with van der Waals surface area (Å²) in [4.78, 5) is 1.13. The highest BCUT2D eigenvalue weighted by Gasteiger charge is 2.27. The van der Waals surface area contributed by atoms with Crippen LogP contribution in [0.25, 0.3) is 75.5 Å². The maximum atomic E-state index is 10.00. The van der Waals surface area contributed by atoms with Crippen LogP contribution in [0.15, 0.2) is 200 Å². The van der Waals surface area contributed by atoms with Crippen LogP contribution in [-0.4, -0.2) is 0 Å². The topological polar surface area (TPSA) is 12.5 Å². The molecule has 1 aliphatic rings. The van der Waals surface area contributed by atoms with Crippen LogP contribution in [0, 0.1) is 0 Å². The molecule has 0 saturated heterocycles. The van der Waals surface area contributed by atoms with E-state index in [9.17, 15) is 6.85 Å². The maximum absolute atomic E-state index is 10.00. The number of hydrogen-bond acceptors (Lipinski definition) is 3. The molecule has 0 bridgehead atoms. The van der Waals surface area contributed by atoms with Crippen molar-refractivity contribution in [3.63, 3.8) is 0 Å².